The van der Waals surface area contributed by atoms with Crippen LogP contribution < -0.4 is 4.74 Å². The third-order valence-corrected chi connectivity index (χ3v) is 4.15. The van der Waals surface area contributed by atoms with E-state index in [1.807, 2.05) is 19.9 Å². The zero-order valence-corrected chi connectivity index (χ0v) is 12.4. The van der Waals surface area contributed by atoms with Crippen LogP contribution in [-0.4, -0.2) is 16.9 Å². The maximum absolute atomic E-state index is 12.4. The van der Waals surface area contributed by atoms with Crippen LogP contribution in [0.2, 0.25) is 0 Å². The fourth-order valence-corrected chi connectivity index (χ4v) is 2.77. The summed E-state index contributed by atoms with van der Waals surface area (Å²) in [5.41, 5.74) is 3.25. The lowest BCUT2D eigenvalue weighted by Crippen LogP contribution is -2.23. The molecule has 22 heavy (non-hydrogen) atoms. The van der Waals surface area contributed by atoms with Crippen molar-refractivity contribution < 1.29 is 19.4 Å². The van der Waals surface area contributed by atoms with Gasteiger partial charge in [0.15, 0.2) is 5.78 Å². The Morgan fingerprint density at radius 1 is 1.18 bits per heavy atom. The molecule has 0 amide bonds. The number of hydrogen-bond acceptors (Lipinski definition) is 3. The van der Waals surface area contributed by atoms with Crippen LogP contribution in [-0.2, 0) is 0 Å². The molecule has 1 unspecified atom stereocenters. The fourth-order valence-electron chi connectivity index (χ4n) is 2.77. The molecule has 0 spiro atoms. The quantitative estimate of drug-likeness (QED) is 0.917. The van der Waals surface area contributed by atoms with E-state index < -0.39 is 12.1 Å². The number of benzene rings is 2. The summed E-state index contributed by atoms with van der Waals surface area (Å²) in [6, 6.07) is 10.3. The largest absolute Gasteiger partial charge is 0.484 e. The van der Waals surface area contributed by atoms with Gasteiger partial charge in [0.1, 0.15) is 11.9 Å². The highest BCUT2D eigenvalue weighted by atomic mass is 16.5. The van der Waals surface area contributed by atoms with Crippen molar-refractivity contribution in [1.82, 2.24) is 0 Å². The predicted octanol–water partition coefficient (Wildman–Crippen LogP) is 3.71. The maximum atomic E-state index is 12.4. The SMILES string of the molecule is Cc1ccc2c(c1C)OC(c1ccccc1C(=O)O)CC2=O. The van der Waals surface area contributed by atoms with Crippen molar-refractivity contribution in [1.29, 1.82) is 0 Å². The highest BCUT2D eigenvalue weighted by molar-refractivity contribution is 6.01. The molecule has 1 aliphatic heterocycles. The Morgan fingerprint density at radius 2 is 1.91 bits per heavy atom. The number of hydrogen-bond donors (Lipinski definition) is 1. The lowest BCUT2D eigenvalue weighted by atomic mass is 9.91. The molecular weight excluding hydrogens is 280 g/mol. The number of carboxylic acid groups (broad SMARTS) is 1. The summed E-state index contributed by atoms with van der Waals surface area (Å²) < 4.78 is 6.01. The van der Waals surface area contributed by atoms with Crippen molar-refractivity contribution in [2.24, 2.45) is 0 Å². The molecule has 3 rings (SSSR count). The van der Waals surface area contributed by atoms with Gasteiger partial charge in [0.05, 0.1) is 17.5 Å². The lowest BCUT2D eigenvalue weighted by molar-refractivity contribution is 0.0682. The van der Waals surface area contributed by atoms with Gasteiger partial charge in [-0.15, -0.1) is 0 Å². The third-order valence-electron chi connectivity index (χ3n) is 4.15. The number of carboxylic acids is 1. The first-order valence-corrected chi connectivity index (χ1v) is 7.11. The van der Waals surface area contributed by atoms with Crippen LogP contribution in [0, 0.1) is 13.8 Å². The van der Waals surface area contributed by atoms with Crippen LogP contribution >= 0.6 is 0 Å². The van der Waals surface area contributed by atoms with Crippen molar-refractivity contribution in [2.75, 3.05) is 0 Å². The molecule has 112 valence electrons. The minimum Gasteiger partial charge on any atom is -0.484 e. The van der Waals surface area contributed by atoms with E-state index in [-0.39, 0.29) is 17.8 Å². The fraction of sp³-hybridized carbons (Fsp3) is 0.222. The molecule has 2 aromatic carbocycles. The minimum atomic E-state index is -1.02. The Labute approximate surface area is 128 Å². The van der Waals surface area contributed by atoms with Crippen LogP contribution in [0.1, 0.15) is 49.9 Å². The molecule has 0 aromatic heterocycles. The Balaban J connectivity index is 2.08. The number of ether oxygens (including phenoxy) is 1. The Morgan fingerprint density at radius 3 is 2.64 bits per heavy atom. The number of Topliss-reactive ketones (excluding diaryl/α,β-unsaturated/α-hetero) is 1. The first kappa shape index (κ1) is 14.3. The molecule has 0 bridgehead atoms. The first-order chi connectivity index (χ1) is 10.5. The molecule has 2 aromatic rings. The molecule has 0 saturated heterocycles. The zero-order chi connectivity index (χ0) is 15.9. The maximum Gasteiger partial charge on any atom is 0.336 e. The van der Waals surface area contributed by atoms with E-state index in [0.717, 1.165) is 11.1 Å². The molecular formula is C18H16O4. The highest BCUT2D eigenvalue weighted by Crippen LogP contribution is 2.39. The smallest absolute Gasteiger partial charge is 0.336 e. The van der Waals surface area contributed by atoms with Gasteiger partial charge in [0.2, 0.25) is 0 Å². The zero-order valence-electron chi connectivity index (χ0n) is 12.4. The lowest BCUT2D eigenvalue weighted by Gasteiger charge is -2.28. The highest BCUT2D eigenvalue weighted by Gasteiger charge is 2.31. The first-order valence-electron chi connectivity index (χ1n) is 7.11. The van der Waals surface area contributed by atoms with Gasteiger partial charge < -0.3 is 9.84 Å². The van der Waals surface area contributed by atoms with Crippen molar-refractivity contribution in [2.45, 2.75) is 26.4 Å². The summed E-state index contributed by atoms with van der Waals surface area (Å²) in [6.45, 7) is 3.87. The molecule has 0 saturated carbocycles. The predicted molar refractivity (Wildman–Crippen MR) is 81.6 cm³/mol. The van der Waals surface area contributed by atoms with E-state index >= 15 is 0 Å². The van der Waals surface area contributed by atoms with Gasteiger partial charge in [-0.2, -0.15) is 0 Å². The number of aromatic carboxylic acids is 1. The summed E-state index contributed by atoms with van der Waals surface area (Å²) in [4.78, 5) is 23.8. The normalized spacial score (nSPS) is 16.8. The standard InChI is InChI=1S/C18H16O4/c1-10-7-8-14-15(19)9-16(22-17(14)11(10)2)12-5-3-4-6-13(12)18(20)21/h3-8,16H,9H2,1-2H3,(H,20,21). The van der Waals surface area contributed by atoms with E-state index in [0.29, 0.717) is 16.9 Å². The van der Waals surface area contributed by atoms with Crippen LogP contribution in [0.25, 0.3) is 0 Å². The van der Waals surface area contributed by atoms with Gasteiger partial charge >= 0.3 is 5.97 Å². The summed E-state index contributed by atoms with van der Waals surface area (Å²) in [7, 11) is 0. The topological polar surface area (TPSA) is 63.6 Å². The molecule has 0 aliphatic carbocycles. The van der Waals surface area contributed by atoms with E-state index in [1.54, 1.807) is 24.3 Å². The molecule has 0 fully saturated rings. The van der Waals surface area contributed by atoms with Gasteiger partial charge in [0, 0.05) is 5.56 Å². The van der Waals surface area contributed by atoms with Crippen LogP contribution in [0.5, 0.6) is 5.75 Å². The second kappa shape index (κ2) is 5.30. The number of aryl methyl sites for hydroxylation is 1. The Bertz CT molecular complexity index is 777. The average molecular weight is 296 g/mol. The van der Waals surface area contributed by atoms with Crippen molar-refractivity contribution in [3.8, 4) is 5.75 Å². The van der Waals surface area contributed by atoms with Gasteiger partial charge in [-0.1, -0.05) is 24.3 Å². The number of rotatable bonds is 2. The number of ketones is 1. The average Bonchev–Trinajstić information content (AvgIpc) is 2.51. The van der Waals surface area contributed by atoms with E-state index in [9.17, 15) is 14.7 Å². The molecule has 1 N–H and O–H groups in total. The second-order valence-electron chi connectivity index (χ2n) is 5.51. The minimum absolute atomic E-state index is 0.0189. The van der Waals surface area contributed by atoms with Crippen molar-refractivity contribution >= 4 is 11.8 Å². The number of carbonyl (C=O) groups is 2. The van der Waals surface area contributed by atoms with E-state index in [4.69, 9.17) is 4.74 Å². The third kappa shape index (κ3) is 2.26. The van der Waals surface area contributed by atoms with Crippen LogP contribution in [0.4, 0.5) is 0 Å². The monoisotopic (exact) mass is 296 g/mol. The molecule has 1 heterocycles. The summed E-state index contributed by atoms with van der Waals surface area (Å²) in [5, 5.41) is 9.32. The molecule has 1 atom stereocenters. The summed E-state index contributed by atoms with van der Waals surface area (Å²) >= 11 is 0. The van der Waals surface area contributed by atoms with Crippen molar-refractivity contribution in [3.63, 3.8) is 0 Å². The molecule has 1 aliphatic rings. The Hall–Kier alpha value is -2.62. The molecule has 4 heteroatoms. The van der Waals surface area contributed by atoms with Gasteiger partial charge in [-0.25, -0.2) is 4.79 Å². The number of fused-ring (bicyclic) bond motifs is 1. The van der Waals surface area contributed by atoms with Gasteiger partial charge in [0.25, 0.3) is 0 Å². The van der Waals surface area contributed by atoms with Crippen LogP contribution in [0.3, 0.4) is 0 Å². The van der Waals surface area contributed by atoms with Gasteiger partial charge in [-0.05, 0) is 37.1 Å². The van der Waals surface area contributed by atoms with E-state index in [2.05, 4.69) is 0 Å². The molecule has 4 nitrogen and oxygen atoms in total. The van der Waals surface area contributed by atoms with Crippen LogP contribution in [0.15, 0.2) is 36.4 Å². The Kier molecular flexibility index (Phi) is 3.45. The second-order valence-corrected chi connectivity index (χ2v) is 5.51. The molecule has 0 radical (unpaired) electrons. The van der Waals surface area contributed by atoms with E-state index in [1.165, 1.54) is 6.07 Å². The number of carbonyl (C=O) groups excluding carboxylic acids is 1. The summed E-state index contributed by atoms with van der Waals surface area (Å²) in [5.74, 6) is -0.464. The van der Waals surface area contributed by atoms with Gasteiger partial charge in [-0.3, -0.25) is 4.79 Å². The summed E-state index contributed by atoms with van der Waals surface area (Å²) in [6.07, 6.45) is -0.410. The van der Waals surface area contributed by atoms with Crippen molar-refractivity contribution in [3.05, 3.63) is 64.2 Å².